The highest BCUT2D eigenvalue weighted by atomic mass is 79.9. The summed E-state index contributed by atoms with van der Waals surface area (Å²) in [6, 6.07) is 2.24. The van der Waals surface area contributed by atoms with Gasteiger partial charge in [0.1, 0.15) is 0 Å². The number of thiophene rings is 1. The maximum atomic E-state index is 3.65. The molecule has 0 radical (unpaired) electrons. The second kappa shape index (κ2) is 5.66. The minimum atomic E-state index is 0.449. The first-order valence-electron chi connectivity index (χ1n) is 4.94. The number of halogens is 2. The third kappa shape index (κ3) is 3.07. The van der Waals surface area contributed by atoms with E-state index in [9.17, 15) is 0 Å². The third-order valence-electron chi connectivity index (χ3n) is 2.95. The van der Waals surface area contributed by atoms with Gasteiger partial charge in [-0.05, 0) is 46.7 Å². The van der Waals surface area contributed by atoms with Crippen LogP contribution in [0.25, 0.3) is 0 Å². The second-order valence-corrected chi connectivity index (χ2v) is 6.22. The van der Waals surface area contributed by atoms with Crippen LogP contribution in [0, 0.1) is 5.41 Å². The number of rotatable bonds is 5. The summed E-state index contributed by atoms with van der Waals surface area (Å²) < 4.78 is 1.22. The molecule has 0 bridgehead atoms. The largest absolute Gasteiger partial charge is 0.148 e. The maximum Gasteiger partial charge on any atom is 0.0285 e. The van der Waals surface area contributed by atoms with Crippen LogP contribution in [0.15, 0.2) is 15.9 Å². The van der Waals surface area contributed by atoms with Gasteiger partial charge in [-0.1, -0.05) is 29.8 Å². The van der Waals surface area contributed by atoms with Crippen LogP contribution in [0.3, 0.4) is 0 Å². The second-order valence-electron chi connectivity index (χ2n) is 3.75. The molecule has 0 amide bonds. The molecule has 3 heteroatoms. The topological polar surface area (TPSA) is 0 Å². The molecule has 0 aromatic carbocycles. The Kier molecular flexibility index (Phi) is 5.15. The Balaban J connectivity index is 2.73. The van der Waals surface area contributed by atoms with Crippen LogP contribution in [-0.2, 0) is 6.42 Å². The fraction of sp³-hybridized carbons (Fsp3) is 0.636. The Morgan fingerprint density at radius 3 is 2.36 bits per heavy atom. The molecule has 1 rings (SSSR count). The highest BCUT2D eigenvalue weighted by Gasteiger charge is 2.25. The van der Waals surface area contributed by atoms with E-state index in [2.05, 4.69) is 57.2 Å². The Hall–Kier alpha value is 0.660. The number of alkyl halides is 1. The lowest BCUT2D eigenvalue weighted by Gasteiger charge is -2.28. The summed E-state index contributed by atoms with van der Waals surface area (Å²) in [5, 5.41) is 3.27. The van der Waals surface area contributed by atoms with Crippen molar-refractivity contribution in [2.45, 2.75) is 33.1 Å². The van der Waals surface area contributed by atoms with Crippen molar-refractivity contribution in [2.75, 3.05) is 5.33 Å². The molecule has 0 aliphatic rings. The predicted molar refractivity (Wildman–Crippen MR) is 72.5 cm³/mol. The van der Waals surface area contributed by atoms with E-state index >= 15 is 0 Å². The van der Waals surface area contributed by atoms with Crippen molar-refractivity contribution in [1.29, 1.82) is 0 Å². The molecule has 0 N–H and O–H groups in total. The highest BCUT2D eigenvalue weighted by Crippen LogP contribution is 2.35. The zero-order valence-corrected chi connectivity index (χ0v) is 12.6. The van der Waals surface area contributed by atoms with Gasteiger partial charge in [0, 0.05) is 20.1 Å². The fourth-order valence-electron chi connectivity index (χ4n) is 1.55. The van der Waals surface area contributed by atoms with E-state index in [1.807, 2.05) is 11.3 Å². The molecule has 0 aliphatic carbocycles. The van der Waals surface area contributed by atoms with E-state index in [-0.39, 0.29) is 0 Å². The summed E-state index contributed by atoms with van der Waals surface area (Å²) in [6.45, 7) is 4.57. The van der Waals surface area contributed by atoms with Crippen molar-refractivity contribution < 1.29 is 0 Å². The maximum absolute atomic E-state index is 3.65. The molecule has 14 heavy (non-hydrogen) atoms. The van der Waals surface area contributed by atoms with Gasteiger partial charge in [0.05, 0.1) is 0 Å². The van der Waals surface area contributed by atoms with Crippen LogP contribution in [-0.4, -0.2) is 5.33 Å². The quantitative estimate of drug-likeness (QED) is 0.642. The van der Waals surface area contributed by atoms with Crippen molar-refractivity contribution >= 4 is 43.2 Å². The van der Waals surface area contributed by atoms with E-state index in [1.165, 1.54) is 28.6 Å². The Bertz CT molecular complexity index is 268. The Labute approximate surface area is 107 Å². The van der Waals surface area contributed by atoms with Crippen LogP contribution >= 0.6 is 43.2 Å². The fourth-order valence-corrected chi connectivity index (χ4v) is 4.17. The van der Waals surface area contributed by atoms with Gasteiger partial charge in [0.15, 0.2) is 0 Å². The summed E-state index contributed by atoms with van der Waals surface area (Å²) in [5.74, 6) is 0. The predicted octanol–water partition coefficient (Wildman–Crippen LogP) is 5.25. The molecule has 0 aliphatic heterocycles. The smallest absolute Gasteiger partial charge is 0.0285 e. The summed E-state index contributed by atoms with van der Waals surface area (Å²) in [4.78, 5) is 1.49. The average Bonchev–Trinajstić information content (AvgIpc) is 2.61. The zero-order valence-electron chi connectivity index (χ0n) is 8.65. The van der Waals surface area contributed by atoms with Crippen molar-refractivity contribution in [1.82, 2.24) is 0 Å². The van der Waals surface area contributed by atoms with Gasteiger partial charge in [0.2, 0.25) is 0 Å². The minimum Gasteiger partial charge on any atom is -0.148 e. The number of hydrogen-bond acceptors (Lipinski definition) is 1. The average molecular weight is 340 g/mol. The first kappa shape index (κ1) is 12.7. The van der Waals surface area contributed by atoms with Crippen LogP contribution in [0.4, 0.5) is 0 Å². The molecular weight excluding hydrogens is 324 g/mol. The van der Waals surface area contributed by atoms with Gasteiger partial charge in [-0.2, -0.15) is 0 Å². The van der Waals surface area contributed by atoms with E-state index in [4.69, 9.17) is 0 Å². The third-order valence-corrected chi connectivity index (χ3v) is 5.84. The molecule has 0 nitrogen and oxygen atoms in total. The lowest BCUT2D eigenvalue weighted by atomic mass is 9.81. The van der Waals surface area contributed by atoms with Crippen LogP contribution in [0.2, 0.25) is 0 Å². The first-order valence-corrected chi connectivity index (χ1v) is 7.74. The van der Waals surface area contributed by atoms with Crippen molar-refractivity contribution in [3.05, 3.63) is 20.8 Å². The first-order chi connectivity index (χ1) is 6.65. The summed E-state index contributed by atoms with van der Waals surface area (Å²) in [6.07, 6.45) is 3.68. The summed E-state index contributed by atoms with van der Waals surface area (Å²) in [7, 11) is 0. The normalized spacial score (nSPS) is 12.0. The molecule has 80 valence electrons. The van der Waals surface area contributed by atoms with Crippen LogP contribution in [0.5, 0.6) is 0 Å². The molecule has 0 fully saturated rings. The van der Waals surface area contributed by atoms with E-state index in [0.29, 0.717) is 5.41 Å². The zero-order chi connectivity index (χ0) is 10.6. The van der Waals surface area contributed by atoms with Crippen LogP contribution < -0.4 is 0 Å². The van der Waals surface area contributed by atoms with Crippen LogP contribution in [0.1, 0.15) is 31.6 Å². The van der Waals surface area contributed by atoms with Gasteiger partial charge in [-0.15, -0.1) is 11.3 Å². The lowest BCUT2D eigenvalue weighted by molar-refractivity contribution is 0.309. The van der Waals surface area contributed by atoms with Gasteiger partial charge in [-0.3, -0.25) is 0 Å². The molecule has 0 spiro atoms. The standard InChI is InChI=1S/C11H16Br2S/c1-3-11(4-2,8-12)6-10-5-9(13)7-14-10/h5,7H,3-4,6,8H2,1-2H3. The van der Waals surface area contributed by atoms with Crippen molar-refractivity contribution in [3.8, 4) is 0 Å². The molecule has 1 heterocycles. The molecular formula is C11H16Br2S. The van der Waals surface area contributed by atoms with E-state index in [1.54, 1.807) is 0 Å². The van der Waals surface area contributed by atoms with Gasteiger partial charge >= 0.3 is 0 Å². The van der Waals surface area contributed by atoms with E-state index < -0.39 is 0 Å². The monoisotopic (exact) mass is 338 g/mol. The van der Waals surface area contributed by atoms with Crippen molar-refractivity contribution in [3.63, 3.8) is 0 Å². The van der Waals surface area contributed by atoms with Crippen molar-refractivity contribution in [2.24, 2.45) is 5.41 Å². The molecule has 0 atom stereocenters. The highest BCUT2D eigenvalue weighted by molar-refractivity contribution is 9.10. The molecule has 1 aromatic heterocycles. The molecule has 1 aromatic rings. The van der Waals surface area contributed by atoms with Gasteiger partial charge in [-0.25, -0.2) is 0 Å². The van der Waals surface area contributed by atoms with Gasteiger partial charge < -0.3 is 0 Å². The molecule has 0 saturated carbocycles. The summed E-state index contributed by atoms with van der Waals surface area (Å²) >= 11 is 9.01. The minimum absolute atomic E-state index is 0.449. The molecule has 0 unspecified atom stereocenters. The lowest BCUT2D eigenvalue weighted by Crippen LogP contribution is -2.23. The Morgan fingerprint density at radius 2 is 2.00 bits per heavy atom. The summed E-state index contributed by atoms with van der Waals surface area (Å²) in [5.41, 5.74) is 0.449. The molecule has 0 saturated heterocycles. The Morgan fingerprint density at radius 1 is 1.36 bits per heavy atom. The number of hydrogen-bond donors (Lipinski definition) is 0. The SMILES string of the molecule is CCC(CC)(CBr)Cc1cc(Br)cs1. The van der Waals surface area contributed by atoms with E-state index in [0.717, 1.165) is 5.33 Å². The van der Waals surface area contributed by atoms with Gasteiger partial charge in [0.25, 0.3) is 0 Å².